The van der Waals surface area contributed by atoms with Crippen molar-refractivity contribution in [3.8, 4) is 6.07 Å². The third kappa shape index (κ3) is 2.71. The highest BCUT2D eigenvalue weighted by atomic mass is 19.1. The Balaban J connectivity index is 2.32. The molecule has 19 heavy (non-hydrogen) atoms. The van der Waals surface area contributed by atoms with Gasteiger partial charge in [-0.05, 0) is 24.3 Å². The van der Waals surface area contributed by atoms with Crippen molar-refractivity contribution in [1.29, 1.82) is 5.26 Å². The first-order valence-corrected chi connectivity index (χ1v) is 5.76. The molecule has 0 aliphatic heterocycles. The number of para-hydroxylation sites is 1. The summed E-state index contributed by atoms with van der Waals surface area (Å²) in [5.74, 6) is -1.16. The summed E-state index contributed by atoms with van der Waals surface area (Å²) in [6, 6.07) is 12.8. The molecule has 2 aromatic carbocycles. The molecule has 0 aliphatic carbocycles. The van der Waals surface area contributed by atoms with Gasteiger partial charge in [0.1, 0.15) is 17.7 Å². The highest BCUT2D eigenvalue weighted by Gasteiger charge is 2.13. The summed E-state index contributed by atoms with van der Waals surface area (Å²) in [4.78, 5) is 1.65. The lowest BCUT2D eigenvalue weighted by atomic mass is 10.1. The van der Waals surface area contributed by atoms with Crippen LogP contribution in [-0.4, -0.2) is 7.05 Å². The van der Waals surface area contributed by atoms with Crippen LogP contribution < -0.4 is 4.90 Å². The molecule has 2 rings (SSSR count). The van der Waals surface area contributed by atoms with Crippen LogP contribution in [0.25, 0.3) is 0 Å². The van der Waals surface area contributed by atoms with Crippen molar-refractivity contribution >= 4 is 5.69 Å². The minimum Gasteiger partial charge on any atom is -0.369 e. The van der Waals surface area contributed by atoms with E-state index in [-0.39, 0.29) is 12.1 Å². The summed E-state index contributed by atoms with van der Waals surface area (Å²) < 4.78 is 27.2. The molecule has 0 heterocycles. The molecule has 0 N–H and O–H groups in total. The third-order valence-electron chi connectivity index (χ3n) is 2.89. The molecular weight excluding hydrogens is 246 g/mol. The highest BCUT2D eigenvalue weighted by Crippen LogP contribution is 2.22. The lowest BCUT2D eigenvalue weighted by Crippen LogP contribution is -2.19. The Hall–Kier alpha value is -2.41. The first-order chi connectivity index (χ1) is 9.13. The van der Waals surface area contributed by atoms with Crippen molar-refractivity contribution in [1.82, 2.24) is 0 Å². The molecule has 0 spiro atoms. The molecule has 0 unspecified atom stereocenters. The molecule has 0 fully saturated rings. The first-order valence-electron chi connectivity index (χ1n) is 5.76. The van der Waals surface area contributed by atoms with E-state index in [2.05, 4.69) is 6.07 Å². The van der Waals surface area contributed by atoms with Gasteiger partial charge < -0.3 is 4.90 Å². The van der Waals surface area contributed by atoms with Crippen molar-refractivity contribution in [3.63, 3.8) is 0 Å². The zero-order valence-electron chi connectivity index (χ0n) is 10.4. The van der Waals surface area contributed by atoms with Crippen LogP contribution in [0.2, 0.25) is 0 Å². The second-order valence-electron chi connectivity index (χ2n) is 4.19. The Labute approximate surface area is 110 Å². The van der Waals surface area contributed by atoms with Crippen molar-refractivity contribution in [3.05, 3.63) is 65.2 Å². The van der Waals surface area contributed by atoms with Gasteiger partial charge in [-0.3, -0.25) is 0 Å². The van der Waals surface area contributed by atoms with E-state index >= 15 is 0 Å². The second-order valence-corrected chi connectivity index (χ2v) is 4.19. The summed E-state index contributed by atoms with van der Waals surface area (Å²) in [5, 5.41) is 9.02. The van der Waals surface area contributed by atoms with E-state index in [9.17, 15) is 8.78 Å². The fraction of sp³-hybridized carbons (Fsp3) is 0.133. The Morgan fingerprint density at radius 1 is 1.05 bits per heavy atom. The van der Waals surface area contributed by atoms with Crippen molar-refractivity contribution in [2.24, 2.45) is 0 Å². The van der Waals surface area contributed by atoms with Gasteiger partial charge in [0, 0.05) is 19.2 Å². The maximum Gasteiger partial charge on any atom is 0.131 e. The van der Waals surface area contributed by atoms with Crippen LogP contribution >= 0.6 is 0 Å². The number of nitriles is 1. The van der Waals surface area contributed by atoms with Crippen LogP contribution in [0, 0.1) is 23.0 Å². The van der Waals surface area contributed by atoms with Crippen LogP contribution in [0.3, 0.4) is 0 Å². The second kappa shape index (κ2) is 5.49. The molecule has 2 nitrogen and oxygen atoms in total. The van der Waals surface area contributed by atoms with E-state index in [1.165, 1.54) is 18.2 Å². The van der Waals surface area contributed by atoms with Crippen LogP contribution in [0.15, 0.2) is 42.5 Å². The first kappa shape index (κ1) is 13.0. The molecule has 0 atom stereocenters. The maximum atomic E-state index is 13.6. The van der Waals surface area contributed by atoms with E-state index in [1.807, 2.05) is 0 Å². The molecule has 4 heteroatoms. The molecular formula is C15H12F2N2. The lowest BCUT2D eigenvalue weighted by Gasteiger charge is -2.21. The van der Waals surface area contributed by atoms with Crippen LogP contribution in [-0.2, 0) is 6.54 Å². The Morgan fingerprint density at radius 3 is 2.32 bits per heavy atom. The largest absolute Gasteiger partial charge is 0.369 e. The van der Waals surface area contributed by atoms with Gasteiger partial charge >= 0.3 is 0 Å². The quantitative estimate of drug-likeness (QED) is 0.842. The van der Waals surface area contributed by atoms with E-state index < -0.39 is 11.6 Å². The van der Waals surface area contributed by atoms with Gasteiger partial charge in [-0.1, -0.05) is 18.2 Å². The standard InChI is InChI=1S/C15H12F2N2/c1-19(15-8-3-2-5-11(15)9-18)10-12-13(16)6-4-7-14(12)17/h2-8H,10H2,1H3. The molecule has 0 radical (unpaired) electrons. The molecule has 0 amide bonds. The highest BCUT2D eigenvalue weighted by molar-refractivity contribution is 5.58. The Bertz CT molecular complexity index is 612. The number of benzene rings is 2. The third-order valence-corrected chi connectivity index (χ3v) is 2.89. The minimum atomic E-state index is -0.582. The van der Waals surface area contributed by atoms with Gasteiger partial charge in [-0.15, -0.1) is 0 Å². The molecule has 0 aliphatic rings. The predicted octanol–water partition coefficient (Wildman–Crippen LogP) is 3.47. The summed E-state index contributed by atoms with van der Waals surface area (Å²) in [6.07, 6.45) is 0. The topological polar surface area (TPSA) is 27.0 Å². The minimum absolute atomic E-state index is 0.00209. The van der Waals surface area contributed by atoms with Crippen molar-refractivity contribution in [2.45, 2.75) is 6.54 Å². The molecule has 0 bridgehead atoms. The molecule has 0 saturated heterocycles. The summed E-state index contributed by atoms with van der Waals surface area (Å²) in [6.45, 7) is 0.0667. The number of anilines is 1. The van der Waals surface area contributed by atoms with E-state index in [1.54, 1.807) is 36.2 Å². The van der Waals surface area contributed by atoms with Gasteiger partial charge in [0.05, 0.1) is 11.3 Å². The van der Waals surface area contributed by atoms with E-state index in [0.717, 1.165) is 0 Å². The van der Waals surface area contributed by atoms with Crippen molar-refractivity contribution in [2.75, 3.05) is 11.9 Å². The van der Waals surface area contributed by atoms with Crippen LogP contribution in [0.5, 0.6) is 0 Å². The number of rotatable bonds is 3. The Kier molecular flexibility index (Phi) is 3.76. The lowest BCUT2D eigenvalue weighted by molar-refractivity contribution is 0.553. The monoisotopic (exact) mass is 258 g/mol. The fourth-order valence-electron chi connectivity index (χ4n) is 1.91. The average Bonchev–Trinajstić information content (AvgIpc) is 2.42. The maximum absolute atomic E-state index is 13.6. The number of nitrogens with zero attached hydrogens (tertiary/aromatic N) is 2. The number of hydrogen-bond acceptors (Lipinski definition) is 2. The van der Waals surface area contributed by atoms with Gasteiger partial charge in [0.15, 0.2) is 0 Å². The SMILES string of the molecule is CN(Cc1c(F)cccc1F)c1ccccc1C#N. The molecule has 0 aromatic heterocycles. The average molecular weight is 258 g/mol. The molecule has 96 valence electrons. The van der Waals surface area contributed by atoms with Gasteiger partial charge in [0.2, 0.25) is 0 Å². The summed E-state index contributed by atoms with van der Waals surface area (Å²) >= 11 is 0. The smallest absolute Gasteiger partial charge is 0.131 e. The van der Waals surface area contributed by atoms with Crippen molar-refractivity contribution < 1.29 is 8.78 Å². The fourth-order valence-corrected chi connectivity index (χ4v) is 1.91. The zero-order chi connectivity index (χ0) is 13.8. The van der Waals surface area contributed by atoms with Crippen LogP contribution in [0.4, 0.5) is 14.5 Å². The van der Waals surface area contributed by atoms with Gasteiger partial charge in [0.25, 0.3) is 0 Å². The van der Waals surface area contributed by atoms with Gasteiger partial charge in [-0.25, -0.2) is 8.78 Å². The number of halogens is 2. The van der Waals surface area contributed by atoms with E-state index in [4.69, 9.17) is 5.26 Å². The van der Waals surface area contributed by atoms with E-state index in [0.29, 0.717) is 11.3 Å². The normalized spacial score (nSPS) is 10.0. The Morgan fingerprint density at radius 2 is 1.68 bits per heavy atom. The zero-order valence-corrected chi connectivity index (χ0v) is 10.4. The summed E-state index contributed by atoms with van der Waals surface area (Å²) in [7, 11) is 1.70. The number of hydrogen-bond donors (Lipinski definition) is 0. The summed E-state index contributed by atoms with van der Waals surface area (Å²) in [5.41, 5.74) is 1.12. The predicted molar refractivity (Wildman–Crippen MR) is 69.6 cm³/mol. The molecule has 2 aromatic rings. The van der Waals surface area contributed by atoms with Gasteiger partial charge in [-0.2, -0.15) is 5.26 Å². The van der Waals surface area contributed by atoms with Crippen LogP contribution in [0.1, 0.15) is 11.1 Å². The molecule has 0 saturated carbocycles.